The summed E-state index contributed by atoms with van der Waals surface area (Å²) in [7, 11) is 0. The number of hydrogen-bond acceptors (Lipinski definition) is 4. The number of carbonyl (C=O) groups excluding carboxylic acids is 2. The molecule has 0 fully saturated rings. The van der Waals surface area contributed by atoms with Gasteiger partial charge in [-0.1, -0.05) is 35.3 Å². The highest BCUT2D eigenvalue weighted by molar-refractivity contribution is 6.42. The van der Waals surface area contributed by atoms with Crippen LogP contribution >= 0.6 is 23.2 Å². The number of para-hydroxylation sites is 1. The van der Waals surface area contributed by atoms with Crippen LogP contribution in [-0.4, -0.2) is 23.1 Å². The molecule has 118 valence electrons. The standard InChI is InChI=1S/C15H11Cl2N3O3/c16-10-5-6-11(17)12(7-10)19-14(22)15(23)20-18-8-9-3-1-2-4-13(9)21/h1-8,21H,(H,19,22)(H,20,23). The summed E-state index contributed by atoms with van der Waals surface area (Å²) >= 11 is 11.7. The van der Waals surface area contributed by atoms with Gasteiger partial charge in [-0.25, -0.2) is 5.43 Å². The summed E-state index contributed by atoms with van der Waals surface area (Å²) in [5, 5.41) is 16.1. The lowest BCUT2D eigenvalue weighted by atomic mass is 10.2. The van der Waals surface area contributed by atoms with Gasteiger partial charge in [0.15, 0.2) is 0 Å². The molecular weight excluding hydrogens is 341 g/mol. The van der Waals surface area contributed by atoms with Gasteiger partial charge in [-0.05, 0) is 30.3 Å². The Morgan fingerprint density at radius 2 is 1.83 bits per heavy atom. The lowest BCUT2D eigenvalue weighted by Crippen LogP contribution is -2.32. The van der Waals surface area contributed by atoms with E-state index in [0.29, 0.717) is 10.6 Å². The van der Waals surface area contributed by atoms with E-state index in [1.54, 1.807) is 24.3 Å². The molecule has 23 heavy (non-hydrogen) atoms. The Hall–Kier alpha value is -2.57. The number of phenolic OH excluding ortho intramolecular Hbond substituents is 1. The number of phenols is 1. The van der Waals surface area contributed by atoms with Crippen LogP contribution in [0, 0.1) is 0 Å². The van der Waals surface area contributed by atoms with Gasteiger partial charge >= 0.3 is 11.8 Å². The number of nitrogens with one attached hydrogen (secondary N) is 2. The van der Waals surface area contributed by atoms with Crippen LogP contribution in [0.2, 0.25) is 10.0 Å². The molecule has 0 aliphatic rings. The molecule has 2 aromatic rings. The second-order valence-corrected chi connectivity index (χ2v) is 5.18. The molecule has 0 heterocycles. The van der Waals surface area contributed by atoms with Crippen LogP contribution in [-0.2, 0) is 9.59 Å². The van der Waals surface area contributed by atoms with Gasteiger partial charge in [0.2, 0.25) is 0 Å². The molecular formula is C15H11Cl2N3O3. The van der Waals surface area contributed by atoms with Crippen LogP contribution in [0.3, 0.4) is 0 Å². The number of aromatic hydroxyl groups is 1. The van der Waals surface area contributed by atoms with Crippen molar-refractivity contribution in [1.29, 1.82) is 0 Å². The van der Waals surface area contributed by atoms with Crippen molar-refractivity contribution in [3.63, 3.8) is 0 Å². The molecule has 0 saturated heterocycles. The fraction of sp³-hybridized carbons (Fsp3) is 0. The largest absolute Gasteiger partial charge is 0.507 e. The molecule has 0 aliphatic carbocycles. The molecule has 2 aromatic carbocycles. The van der Waals surface area contributed by atoms with Crippen LogP contribution in [0.4, 0.5) is 5.69 Å². The van der Waals surface area contributed by atoms with Crippen molar-refractivity contribution in [2.45, 2.75) is 0 Å². The molecule has 0 aromatic heterocycles. The van der Waals surface area contributed by atoms with Crippen molar-refractivity contribution in [2.75, 3.05) is 5.32 Å². The average molecular weight is 352 g/mol. The average Bonchev–Trinajstić information content (AvgIpc) is 2.52. The Morgan fingerprint density at radius 3 is 2.57 bits per heavy atom. The van der Waals surface area contributed by atoms with Gasteiger partial charge in [0, 0.05) is 10.6 Å². The van der Waals surface area contributed by atoms with Crippen molar-refractivity contribution < 1.29 is 14.7 Å². The molecule has 2 rings (SSSR count). The number of amides is 2. The third-order valence-electron chi connectivity index (χ3n) is 2.69. The minimum Gasteiger partial charge on any atom is -0.507 e. The van der Waals surface area contributed by atoms with E-state index in [2.05, 4.69) is 10.4 Å². The predicted molar refractivity (Wildman–Crippen MR) is 88.9 cm³/mol. The van der Waals surface area contributed by atoms with E-state index in [1.165, 1.54) is 24.4 Å². The maximum absolute atomic E-state index is 11.7. The Balaban J connectivity index is 1.97. The summed E-state index contributed by atoms with van der Waals surface area (Å²) in [4.78, 5) is 23.4. The molecule has 3 N–H and O–H groups in total. The number of rotatable bonds is 3. The highest BCUT2D eigenvalue weighted by Gasteiger charge is 2.14. The summed E-state index contributed by atoms with van der Waals surface area (Å²) in [6, 6.07) is 10.9. The van der Waals surface area contributed by atoms with Gasteiger partial charge < -0.3 is 10.4 Å². The highest BCUT2D eigenvalue weighted by atomic mass is 35.5. The van der Waals surface area contributed by atoms with Crippen molar-refractivity contribution in [1.82, 2.24) is 5.43 Å². The van der Waals surface area contributed by atoms with Crippen LogP contribution < -0.4 is 10.7 Å². The van der Waals surface area contributed by atoms with E-state index in [0.717, 1.165) is 0 Å². The fourth-order valence-electron chi connectivity index (χ4n) is 1.58. The zero-order chi connectivity index (χ0) is 16.8. The smallest absolute Gasteiger partial charge is 0.329 e. The van der Waals surface area contributed by atoms with Crippen LogP contribution in [0.5, 0.6) is 5.75 Å². The van der Waals surface area contributed by atoms with Gasteiger partial charge in [-0.3, -0.25) is 9.59 Å². The van der Waals surface area contributed by atoms with Gasteiger partial charge in [-0.2, -0.15) is 5.10 Å². The topological polar surface area (TPSA) is 90.8 Å². The first-order valence-electron chi connectivity index (χ1n) is 6.35. The Bertz CT molecular complexity index is 778. The Kier molecular flexibility index (Phi) is 5.56. The fourth-order valence-corrected chi connectivity index (χ4v) is 1.92. The zero-order valence-corrected chi connectivity index (χ0v) is 13.1. The first-order chi connectivity index (χ1) is 11.0. The molecule has 0 atom stereocenters. The molecule has 0 spiro atoms. The minimum absolute atomic E-state index is 0.000611. The second-order valence-electron chi connectivity index (χ2n) is 4.34. The molecule has 6 nitrogen and oxygen atoms in total. The molecule has 0 unspecified atom stereocenters. The quantitative estimate of drug-likeness (QED) is 0.451. The molecule has 8 heteroatoms. The van der Waals surface area contributed by atoms with E-state index >= 15 is 0 Å². The highest BCUT2D eigenvalue weighted by Crippen LogP contribution is 2.25. The van der Waals surface area contributed by atoms with E-state index in [9.17, 15) is 14.7 Å². The third kappa shape index (κ3) is 4.70. The number of hydrazone groups is 1. The van der Waals surface area contributed by atoms with Crippen molar-refractivity contribution in [3.8, 4) is 5.75 Å². The Morgan fingerprint density at radius 1 is 1.09 bits per heavy atom. The summed E-state index contributed by atoms with van der Waals surface area (Å²) in [5.41, 5.74) is 2.65. The van der Waals surface area contributed by atoms with Crippen molar-refractivity contribution in [3.05, 3.63) is 58.1 Å². The molecule has 0 bridgehead atoms. The van der Waals surface area contributed by atoms with Gasteiger partial charge in [-0.15, -0.1) is 0 Å². The lowest BCUT2D eigenvalue weighted by molar-refractivity contribution is -0.136. The monoisotopic (exact) mass is 351 g/mol. The first-order valence-corrected chi connectivity index (χ1v) is 7.10. The summed E-state index contributed by atoms with van der Waals surface area (Å²) < 4.78 is 0. The Labute approximate surface area is 141 Å². The normalized spacial score (nSPS) is 10.5. The number of benzene rings is 2. The lowest BCUT2D eigenvalue weighted by Gasteiger charge is -2.06. The second kappa shape index (κ2) is 7.62. The van der Waals surface area contributed by atoms with Gasteiger partial charge in [0.25, 0.3) is 0 Å². The summed E-state index contributed by atoms with van der Waals surface area (Å²) in [6.07, 6.45) is 1.22. The maximum Gasteiger partial charge on any atom is 0.329 e. The molecule has 0 saturated carbocycles. The van der Waals surface area contributed by atoms with Gasteiger partial charge in [0.1, 0.15) is 5.75 Å². The summed E-state index contributed by atoms with van der Waals surface area (Å²) in [5.74, 6) is -1.95. The first kappa shape index (κ1) is 16.8. The molecule has 2 amide bonds. The number of halogens is 2. The van der Waals surface area contributed by atoms with Crippen molar-refractivity contribution in [2.24, 2.45) is 5.10 Å². The van der Waals surface area contributed by atoms with E-state index < -0.39 is 11.8 Å². The zero-order valence-electron chi connectivity index (χ0n) is 11.6. The number of anilines is 1. The summed E-state index contributed by atoms with van der Waals surface area (Å²) in [6.45, 7) is 0. The van der Waals surface area contributed by atoms with E-state index in [1.807, 2.05) is 5.43 Å². The number of hydrogen-bond donors (Lipinski definition) is 3. The predicted octanol–water partition coefficient (Wildman–Crippen LogP) is 2.79. The van der Waals surface area contributed by atoms with Crippen LogP contribution in [0.25, 0.3) is 0 Å². The third-order valence-corrected chi connectivity index (χ3v) is 3.25. The minimum atomic E-state index is -0.993. The van der Waals surface area contributed by atoms with Crippen molar-refractivity contribution >= 4 is 46.9 Å². The van der Waals surface area contributed by atoms with Crippen LogP contribution in [0.15, 0.2) is 47.6 Å². The van der Waals surface area contributed by atoms with Crippen LogP contribution in [0.1, 0.15) is 5.56 Å². The molecule has 0 aliphatic heterocycles. The SMILES string of the molecule is O=C(NN=Cc1ccccc1O)C(=O)Nc1cc(Cl)ccc1Cl. The number of carbonyl (C=O) groups is 2. The number of nitrogens with zero attached hydrogens (tertiary/aromatic N) is 1. The van der Waals surface area contributed by atoms with E-state index in [4.69, 9.17) is 23.2 Å². The maximum atomic E-state index is 11.7. The van der Waals surface area contributed by atoms with E-state index in [-0.39, 0.29) is 16.5 Å². The van der Waals surface area contributed by atoms with Gasteiger partial charge in [0.05, 0.1) is 16.9 Å². The molecule has 0 radical (unpaired) electrons.